The van der Waals surface area contributed by atoms with E-state index in [1.807, 2.05) is 0 Å². The van der Waals surface area contributed by atoms with E-state index < -0.39 is 12.0 Å². The molecule has 1 aromatic heterocycles. The van der Waals surface area contributed by atoms with Gasteiger partial charge in [-0.3, -0.25) is 14.3 Å². The molecule has 0 saturated carbocycles. The molecule has 2 N–H and O–H groups in total. The van der Waals surface area contributed by atoms with Gasteiger partial charge in [0.05, 0.1) is 12.1 Å². The van der Waals surface area contributed by atoms with Crippen molar-refractivity contribution in [2.24, 2.45) is 7.05 Å². The van der Waals surface area contributed by atoms with Gasteiger partial charge in [-0.15, -0.1) is 0 Å². The van der Waals surface area contributed by atoms with Crippen LogP contribution in [0.15, 0.2) is 6.07 Å². The van der Waals surface area contributed by atoms with Gasteiger partial charge in [0.15, 0.2) is 0 Å². The number of amides is 1. The Bertz CT molecular complexity index is 411. The number of aromatic nitrogens is 2. The predicted octanol–water partition coefficient (Wildman–Crippen LogP) is 0.322. The van der Waals surface area contributed by atoms with Crippen LogP contribution in [0.4, 0.5) is 0 Å². The van der Waals surface area contributed by atoms with Crippen LogP contribution < -0.4 is 5.32 Å². The molecule has 1 atom stereocenters. The minimum atomic E-state index is -0.936. The highest BCUT2D eigenvalue weighted by molar-refractivity contribution is 5.93. The van der Waals surface area contributed by atoms with Crippen molar-refractivity contribution in [1.29, 1.82) is 0 Å². The first kappa shape index (κ1) is 12.2. The fourth-order valence-corrected chi connectivity index (χ4v) is 1.43. The molecule has 1 heterocycles. The van der Waals surface area contributed by atoms with E-state index in [1.54, 1.807) is 27.0 Å². The van der Waals surface area contributed by atoms with E-state index in [0.717, 1.165) is 5.69 Å². The average molecular weight is 225 g/mol. The number of hydrogen-bond acceptors (Lipinski definition) is 3. The van der Waals surface area contributed by atoms with Gasteiger partial charge in [-0.25, -0.2) is 0 Å². The van der Waals surface area contributed by atoms with E-state index in [1.165, 1.54) is 4.68 Å². The van der Waals surface area contributed by atoms with E-state index in [-0.39, 0.29) is 12.3 Å². The maximum absolute atomic E-state index is 11.7. The molecule has 0 fully saturated rings. The lowest BCUT2D eigenvalue weighted by molar-refractivity contribution is -0.137. The highest BCUT2D eigenvalue weighted by Crippen LogP contribution is 2.02. The summed E-state index contributed by atoms with van der Waals surface area (Å²) in [7, 11) is 1.67. The normalized spacial score (nSPS) is 12.2. The summed E-state index contributed by atoms with van der Waals surface area (Å²) < 4.78 is 1.47. The lowest BCUT2D eigenvalue weighted by Crippen LogP contribution is -2.35. The largest absolute Gasteiger partial charge is 0.481 e. The first-order chi connectivity index (χ1) is 7.40. The van der Waals surface area contributed by atoms with E-state index in [4.69, 9.17) is 5.11 Å². The lowest BCUT2D eigenvalue weighted by Gasteiger charge is -2.11. The number of carbonyl (C=O) groups excluding carboxylic acids is 1. The van der Waals surface area contributed by atoms with Crippen LogP contribution in [-0.4, -0.2) is 32.8 Å². The molecule has 0 radical (unpaired) electrons. The molecule has 6 nitrogen and oxygen atoms in total. The maximum Gasteiger partial charge on any atom is 0.305 e. The van der Waals surface area contributed by atoms with Crippen molar-refractivity contribution in [2.45, 2.75) is 26.3 Å². The van der Waals surface area contributed by atoms with Gasteiger partial charge in [0.25, 0.3) is 5.91 Å². The van der Waals surface area contributed by atoms with E-state index in [0.29, 0.717) is 5.69 Å². The number of carbonyl (C=O) groups is 2. The van der Waals surface area contributed by atoms with Gasteiger partial charge in [0.1, 0.15) is 5.69 Å². The van der Waals surface area contributed by atoms with Crippen molar-refractivity contribution < 1.29 is 14.7 Å². The summed E-state index contributed by atoms with van der Waals surface area (Å²) in [6, 6.07) is 1.25. The molecular weight excluding hydrogens is 210 g/mol. The lowest BCUT2D eigenvalue weighted by atomic mass is 10.2. The Hall–Kier alpha value is -1.85. The van der Waals surface area contributed by atoms with Crippen LogP contribution in [-0.2, 0) is 11.8 Å². The molecule has 16 heavy (non-hydrogen) atoms. The number of carboxylic acid groups (broad SMARTS) is 1. The Morgan fingerprint density at radius 3 is 2.69 bits per heavy atom. The number of nitrogens with one attached hydrogen (secondary N) is 1. The molecule has 1 rings (SSSR count). The van der Waals surface area contributed by atoms with Gasteiger partial charge in [-0.2, -0.15) is 5.10 Å². The first-order valence-corrected chi connectivity index (χ1v) is 4.93. The summed E-state index contributed by atoms with van der Waals surface area (Å²) in [5.41, 5.74) is 1.17. The van der Waals surface area contributed by atoms with E-state index in [9.17, 15) is 9.59 Å². The van der Waals surface area contributed by atoms with Crippen molar-refractivity contribution in [3.05, 3.63) is 17.5 Å². The van der Waals surface area contributed by atoms with Crippen LogP contribution in [0.3, 0.4) is 0 Å². The predicted molar refractivity (Wildman–Crippen MR) is 57.1 cm³/mol. The zero-order valence-corrected chi connectivity index (χ0v) is 9.52. The molecule has 0 spiro atoms. The minimum absolute atomic E-state index is 0.0947. The molecule has 0 aromatic carbocycles. The van der Waals surface area contributed by atoms with Crippen molar-refractivity contribution in [2.75, 3.05) is 0 Å². The van der Waals surface area contributed by atoms with Crippen LogP contribution in [0.2, 0.25) is 0 Å². The molecule has 88 valence electrons. The summed E-state index contributed by atoms with van der Waals surface area (Å²) in [5, 5.41) is 15.2. The Morgan fingerprint density at radius 1 is 1.62 bits per heavy atom. The standard InChI is InChI=1S/C10H15N3O3/c1-6(5-9(14)15)11-10(16)8-4-7(2)12-13(8)3/h4,6H,5H2,1-3H3,(H,11,16)(H,14,15). The van der Waals surface area contributed by atoms with Crippen molar-refractivity contribution in [1.82, 2.24) is 15.1 Å². The molecule has 0 aliphatic rings. The van der Waals surface area contributed by atoms with Crippen molar-refractivity contribution in [3.63, 3.8) is 0 Å². The Kier molecular flexibility index (Phi) is 3.65. The Morgan fingerprint density at radius 2 is 2.25 bits per heavy atom. The highest BCUT2D eigenvalue weighted by atomic mass is 16.4. The van der Waals surface area contributed by atoms with Crippen LogP contribution in [0, 0.1) is 6.92 Å². The number of hydrogen-bond donors (Lipinski definition) is 2. The summed E-state index contributed by atoms with van der Waals surface area (Å²) in [5.74, 6) is -1.24. The van der Waals surface area contributed by atoms with Gasteiger partial charge < -0.3 is 10.4 Å². The SMILES string of the molecule is Cc1cc(C(=O)NC(C)CC(=O)O)n(C)n1. The molecule has 0 saturated heterocycles. The molecule has 0 bridgehead atoms. The molecule has 0 aliphatic heterocycles. The first-order valence-electron chi connectivity index (χ1n) is 4.93. The van der Waals surface area contributed by atoms with Gasteiger partial charge in [-0.1, -0.05) is 0 Å². The second-order valence-electron chi connectivity index (χ2n) is 3.77. The smallest absolute Gasteiger partial charge is 0.305 e. The van der Waals surface area contributed by atoms with Gasteiger partial charge in [-0.05, 0) is 19.9 Å². The van der Waals surface area contributed by atoms with Gasteiger partial charge in [0, 0.05) is 13.1 Å². The van der Waals surface area contributed by atoms with Gasteiger partial charge in [0.2, 0.25) is 0 Å². The van der Waals surface area contributed by atoms with Gasteiger partial charge >= 0.3 is 5.97 Å². The topological polar surface area (TPSA) is 84.2 Å². The van der Waals surface area contributed by atoms with Crippen LogP contribution in [0.25, 0.3) is 0 Å². The average Bonchev–Trinajstić information content (AvgIpc) is 2.43. The second-order valence-corrected chi connectivity index (χ2v) is 3.77. The summed E-state index contributed by atoms with van der Waals surface area (Å²) in [6.07, 6.45) is -0.0947. The Balaban J connectivity index is 2.65. The summed E-state index contributed by atoms with van der Waals surface area (Å²) in [4.78, 5) is 22.1. The van der Waals surface area contributed by atoms with E-state index in [2.05, 4.69) is 10.4 Å². The molecular formula is C10H15N3O3. The number of aryl methyl sites for hydroxylation is 2. The molecule has 1 amide bonds. The van der Waals surface area contributed by atoms with Crippen molar-refractivity contribution >= 4 is 11.9 Å². The molecule has 6 heteroatoms. The number of rotatable bonds is 4. The summed E-state index contributed by atoms with van der Waals surface area (Å²) in [6.45, 7) is 3.44. The third kappa shape index (κ3) is 3.08. The fourth-order valence-electron chi connectivity index (χ4n) is 1.43. The second kappa shape index (κ2) is 4.78. The van der Waals surface area contributed by atoms with Crippen LogP contribution >= 0.6 is 0 Å². The number of aliphatic carboxylic acids is 1. The summed E-state index contributed by atoms with van der Waals surface area (Å²) >= 11 is 0. The molecule has 1 unspecified atom stereocenters. The number of nitrogens with zero attached hydrogens (tertiary/aromatic N) is 2. The van der Waals surface area contributed by atoms with E-state index >= 15 is 0 Å². The minimum Gasteiger partial charge on any atom is -0.481 e. The Labute approximate surface area is 93.3 Å². The molecule has 0 aliphatic carbocycles. The zero-order valence-electron chi connectivity index (χ0n) is 9.52. The maximum atomic E-state index is 11.7. The monoisotopic (exact) mass is 225 g/mol. The van der Waals surface area contributed by atoms with Crippen LogP contribution in [0.5, 0.6) is 0 Å². The number of carboxylic acids is 1. The highest BCUT2D eigenvalue weighted by Gasteiger charge is 2.15. The fraction of sp³-hybridized carbons (Fsp3) is 0.500. The third-order valence-electron chi connectivity index (χ3n) is 2.09. The quantitative estimate of drug-likeness (QED) is 0.773. The zero-order chi connectivity index (χ0) is 12.3. The molecule has 1 aromatic rings. The van der Waals surface area contributed by atoms with Crippen LogP contribution in [0.1, 0.15) is 29.5 Å². The van der Waals surface area contributed by atoms with Crippen molar-refractivity contribution in [3.8, 4) is 0 Å². The third-order valence-corrected chi connectivity index (χ3v) is 2.09.